The Balaban J connectivity index is 1.99. The lowest BCUT2D eigenvalue weighted by molar-refractivity contribution is -0.120. The molecule has 0 unspecified atom stereocenters. The summed E-state index contributed by atoms with van der Waals surface area (Å²) in [5.41, 5.74) is 1.01. The normalized spacial score (nSPS) is 17.9. The molecule has 5 heteroatoms. The molecule has 1 aromatic rings. The number of nitrogens with one attached hydrogen (secondary N) is 1. The van der Waals surface area contributed by atoms with Crippen molar-refractivity contribution in [2.24, 2.45) is 0 Å². The summed E-state index contributed by atoms with van der Waals surface area (Å²) in [6.45, 7) is 3.09. The molecule has 1 N–H and O–H groups in total. The highest BCUT2D eigenvalue weighted by Gasteiger charge is 2.14. The first-order chi connectivity index (χ1) is 7.75. The van der Waals surface area contributed by atoms with Crippen LogP contribution >= 0.6 is 11.6 Å². The molecule has 0 saturated carbocycles. The molecular weight excluding hydrogens is 226 g/mol. The summed E-state index contributed by atoms with van der Waals surface area (Å²) in [6.07, 6.45) is 2.23. The highest BCUT2D eigenvalue weighted by molar-refractivity contribution is 6.30. The minimum Gasteiger partial charge on any atom is -0.355 e. The molecule has 1 aliphatic rings. The van der Waals surface area contributed by atoms with Gasteiger partial charge in [-0.05, 0) is 6.07 Å². The van der Waals surface area contributed by atoms with E-state index in [1.807, 2.05) is 12.1 Å². The molecular formula is C11H14ClN3O. The molecule has 16 heavy (non-hydrogen) atoms. The second kappa shape index (κ2) is 5.27. The van der Waals surface area contributed by atoms with E-state index in [0.29, 0.717) is 18.1 Å². The van der Waals surface area contributed by atoms with Crippen LogP contribution in [0.5, 0.6) is 0 Å². The fourth-order valence-corrected chi connectivity index (χ4v) is 1.93. The van der Waals surface area contributed by atoms with E-state index in [4.69, 9.17) is 11.6 Å². The summed E-state index contributed by atoms with van der Waals surface area (Å²) in [4.78, 5) is 17.4. The van der Waals surface area contributed by atoms with Crippen LogP contribution in [0.2, 0.25) is 5.15 Å². The maximum atomic E-state index is 11.2. The van der Waals surface area contributed by atoms with Crippen LogP contribution in [0.3, 0.4) is 0 Å². The van der Waals surface area contributed by atoms with Crippen molar-refractivity contribution in [3.05, 3.63) is 29.0 Å². The van der Waals surface area contributed by atoms with Crippen molar-refractivity contribution in [3.8, 4) is 0 Å². The maximum absolute atomic E-state index is 11.2. The van der Waals surface area contributed by atoms with Crippen LogP contribution in [0.15, 0.2) is 18.3 Å². The van der Waals surface area contributed by atoms with Crippen molar-refractivity contribution < 1.29 is 4.79 Å². The number of carbonyl (C=O) groups excluding carboxylic acids is 1. The van der Waals surface area contributed by atoms with Crippen molar-refractivity contribution in [3.63, 3.8) is 0 Å². The predicted octanol–water partition coefficient (Wildman–Crippen LogP) is 1.06. The Labute approximate surface area is 99.6 Å². The Morgan fingerprint density at radius 1 is 1.50 bits per heavy atom. The van der Waals surface area contributed by atoms with Crippen LogP contribution in [0.1, 0.15) is 12.0 Å². The maximum Gasteiger partial charge on any atom is 0.221 e. The Morgan fingerprint density at radius 2 is 2.38 bits per heavy atom. The van der Waals surface area contributed by atoms with E-state index in [1.165, 1.54) is 0 Å². The van der Waals surface area contributed by atoms with Crippen LogP contribution in [0, 0.1) is 0 Å². The molecule has 2 rings (SSSR count). The molecule has 1 aromatic heterocycles. The van der Waals surface area contributed by atoms with E-state index in [-0.39, 0.29) is 5.91 Å². The highest BCUT2D eigenvalue weighted by atomic mass is 35.5. The van der Waals surface area contributed by atoms with Gasteiger partial charge in [0.25, 0.3) is 0 Å². The number of pyridine rings is 1. The van der Waals surface area contributed by atoms with Crippen molar-refractivity contribution in [1.29, 1.82) is 0 Å². The first kappa shape index (κ1) is 11.4. The van der Waals surface area contributed by atoms with E-state index in [9.17, 15) is 4.79 Å². The third-order valence-electron chi connectivity index (χ3n) is 2.64. The quantitative estimate of drug-likeness (QED) is 0.785. The zero-order valence-electron chi connectivity index (χ0n) is 8.95. The van der Waals surface area contributed by atoms with Gasteiger partial charge < -0.3 is 5.32 Å². The van der Waals surface area contributed by atoms with Crippen LogP contribution in [0.4, 0.5) is 0 Å². The SMILES string of the molecule is O=C1CCN(Cc2cccnc2Cl)CCN1. The van der Waals surface area contributed by atoms with Gasteiger partial charge in [0.05, 0.1) is 0 Å². The number of nitrogens with zero attached hydrogens (tertiary/aromatic N) is 2. The van der Waals surface area contributed by atoms with Crippen molar-refractivity contribution in [2.45, 2.75) is 13.0 Å². The minimum atomic E-state index is 0.125. The molecule has 1 saturated heterocycles. The lowest BCUT2D eigenvalue weighted by Crippen LogP contribution is -2.28. The first-order valence-corrected chi connectivity index (χ1v) is 5.72. The average molecular weight is 240 g/mol. The van der Waals surface area contributed by atoms with E-state index in [0.717, 1.165) is 25.2 Å². The molecule has 0 aromatic carbocycles. The fraction of sp³-hybridized carbons (Fsp3) is 0.455. The molecule has 0 spiro atoms. The second-order valence-corrected chi connectivity index (χ2v) is 4.19. The minimum absolute atomic E-state index is 0.125. The number of amides is 1. The van der Waals surface area contributed by atoms with Crippen LogP contribution < -0.4 is 5.32 Å². The lowest BCUT2D eigenvalue weighted by atomic mass is 10.2. The summed E-state index contributed by atoms with van der Waals surface area (Å²) in [6, 6.07) is 3.85. The van der Waals surface area contributed by atoms with Gasteiger partial charge in [0, 0.05) is 44.4 Å². The summed E-state index contributed by atoms with van der Waals surface area (Å²) in [5, 5.41) is 3.39. The van der Waals surface area contributed by atoms with E-state index in [2.05, 4.69) is 15.2 Å². The second-order valence-electron chi connectivity index (χ2n) is 3.83. The molecule has 0 aliphatic carbocycles. The van der Waals surface area contributed by atoms with Gasteiger partial charge in [0.1, 0.15) is 5.15 Å². The third-order valence-corrected chi connectivity index (χ3v) is 2.98. The van der Waals surface area contributed by atoms with Gasteiger partial charge in [-0.1, -0.05) is 17.7 Å². The lowest BCUT2D eigenvalue weighted by Gasteiger charge is -2.19. The molecule has 1 fully saturated rings. The van der Waals surface area contributed by atoms with Crippen LogP contribution in [-0.2, 0) is 11.3 Å². The van der Waals surface area contributed by atoms with Crippen molar-refractivity contribution >= 4 is 17.5 Å². The van der Waals surface area contributed by atoms with E-state index < -0.39 is 0 Å². The first-order valence-electron chi connectivity index (χ1n) is 5.34. The number of hydrogen-bond donors (Lipinski definition) is 1. The summed E-state index contributed by atoms with van der Waals surface area (Å²) < 4.78 is 0. The van der Waals surface area contributed by atoms with Gasteiger partial charge in [-0.25, -0.2) is 4.98 Å². The average Bonchev–Trinajstić information content (AvgIpc) is 2.47. The van der Waals surface area contributed by atoms with Crippen LogP contribution in [-0.4, -0.2) is 35.4 Å². The Bertz CT molecular complexity index is 383. The predicted molar refractivity (Wildman–Crippen MR) is 62.2 cm³/mol. The zero-order chi connectivity index (χ0) is 11.4. The molecule has 4 nitrogen and oxygen atoms in total. The molecule has 86 valence electrons. The van der Waals surface area contributed by atoms with Crippen molar-refractivity contribution in [1.82, 2.24) is 15.2 Å². The summed E-state index contributed by atoms with van der Waals surface area (Å²) >= 11 is 5.99. The van der Waals surface area contributed by atoms with E-state index >= 15 is 0 Å². The Hall–Kier alpha value is -1.13. The van der Waals surface area contributed by atoms with Gasteiger partial charge in [-0.3, -0.25) is 9.69 Å². The summed E-state index contributed by atoms with van der Waals surface area (Å²) in [5.74, 6) is 0.125. The number of aromatic nitrogens is 1. The molecule has 1 aliphatic heterocycles. The standard InChI is InChI=1S/C11H14ClN3O/c12-11-9(2-1-4-14-11)8-15-6-3-10(16)13-5-7-15/h1-2,4H,3,5-8H2,(H,13,16). The molecule has 1 amide bonds. The highest BCUT2D eigenvalue weighted by Crippen LogP contribution is 2.14. The molecule has 0 atom stereocenters. The number of hydrogen-bond acceptors (Lipinski definition) is 3. The van der Waals surface area contributed by atoms with Gasteiger partial charge in [-0.2, -0.15) is 0 Å². The van der Waals surface area contributed by atoms with Gasteiger partial charge in [0.15, 0.2) is 0 Å². The molecule has 0 radical (unpaired) electrons. The number of halogens is 1. The zero-order valence-corrected chi connectivity index (χ0v) is 9.70. The molecule has 0 bridgehead atoms. The van der Waals surface area contributed by atoms with E-state index in [1.54, 1.807) is 6.20 Å². The summed E-state index contributed by atoms with van der Waals surface area (Å²) in [7, 11) is 0. The Morgan fingerprint density at radius 3 is 3.19 bits per heavy atom. The van der Waals surface area contributed by atoms with Gasteiger partial charge >= 0.3 is 0 Å². The number of carbonyl (C=O) groups is 1. The Kier molecular flexibility index (Phi) is 3.74. The largest absolute Gasteiger partial charge is 0.355 e. The van der Waals surface area contributed by atoms with Crippen molar-refractivity contribution in [2.75, 3.05) is 19.6 Å². The monoisotopic (exact) mass is 239 g/mol. The third kappa shape index (κ3) is 2.93. The fourth-order valence-electron chi connectivity index (χ4n) is 1.75. The van der Waals surface area contributed by atoms with Crippen LogP contribution in [0.25, 0.3) is 0 Å². The topological polar surface area (TPSA) is 45.2 Å². The smallest absolute Gasteiger partial charge is 0.221 e. The number of rotatable bonds is 2. The van der Waals surface area contributed by atoms with Gasteiger partial charge in [0.2, 0.25) is 5.91 Å². The van der Waals surface area contributed by atoms with Gasteiger partial charge in [-0.15, -0.1) is 0 Å². The molecule has 2 heterocycles.